The maximum atomic E-state index is 12.6. The van der Waals surface area contributed by atoms with Crippen LogP contribution in [0.15, 0.2) is 0 Å². The van der Waals surface area contributed by atoms with Gasteiger partial charge in [-0.25, -0.2) is 0 Å². The molecule has 0 spiro atoms. The summed E-state index contributed by atoms with van der Waals surface area (Å²) in [5.41, 5.74) is 0. The van der Waals surface area contributed by atoms with Crippen molar-refractivity contribution in [2.75, 3.05) is 19.6 Å². The fourth-order valence-corrected chi connectivity index (χ4v) is 4.01. The van der Waals surface area contributed by atoms with Crippen molar-refractivity contribution in [2.24, 2.45) is 0 Å². The van der Waals surface area contributed by atoms with Crippen molar-refractivity contribution in [2.45, 2.75) is 63.6 Å². The van der Waals surface area contributed by atoms with Crippen molar-refractivity contribution in [3.05, 3.63) is 0 Å². The fourth-order valence-electron chi connectivity index (χ4n) is 4.01. The van der Waals surface area contributed by atoms with Gasteiger partial charge in [-0.15, -0.1) is 0 Å². The second-order valence-corrected chi connectivity index (χ2v) is 6.39. The van der Waals surface area contributed by atoms with E-state index in [1.54, 1.807) is 0 Å². The monoisotopic (exact) mass is 279 g/mol. The number of carbonyl (C=O) groups is 2. The number of rotatable bonds is 3. The van der Waals surface area contributed by atoms with Gasteiger partial charge < -0.3 is 15.1 Å². The molecule has 3 heterocycles. The highest BCUT2D eigenvalue weighted by Crippen LogP contribution is 2.30. The van der Waals surface area contributed by atoms with Crippen molar-refractivity contribution in [1.82, 2.24) is 15.1 Å². The molecule has 3 fully saturated rings. The van der Waals surface area contributed by atoms with Crippen LogP contribution in [0.5, 0.6) is 0 Å². The molecule has 5 heteroatoms. The van der Waals surface area contributed by atoms with Crippen LogP contribution in [0.3, 0.4) is 0 Å². The van der Waals surface area contributed by atoms with Crippen LogP contribution in [0, 0.1) is 0 Å². The minimum absolute atomic E-state index is 0.0110. The lowest BCUT2D eigenvalue weighted by Gasteiger charge is -2.43. The first-order valence-corrected chi connectivity index (χ1v) is 8.03. The third-order valence-corrected chi connectivity index (χ3v) is 5.04. The average molecular weight is 279 g/mol. The Morgan fingerprint density at radius 3 is 2.85 bits per heavy atom. The molecule has 3 aliphatic heterocycles. The van der Waals surface area contributed by atoms with Crippen LogP contribution in [0.25, 0.3) is 0 Å². The Balaban J connectivity index is 1.68. The van der Waals surface area contributed by atoms with Gasteiger partial charge >= 0.3 is 0 Å². The zero-order valence-corrected chi connectivity index (χ0v) is 12.3. The molecule has 3 rings (SSSR count). The van der Waals surface area contributed by atoms with Crippen LogP contribution < -0.4 is 5.32 Å². The summed E-state index contributed by atoms with van der Waals surface area (Å²) in [6, 6.07) is 0.617. The normalized spacial score (nSPS) is 35.0. The van der Waals surface area contributed by atoms with E-state index >= 15 is 0 Å². The van der Waals surface area contributed by atoms with E-state index in [9.17, 15) is 9.59 Å². The number of hydrogen-bond donors (Lipinski definition) is 1. The summed E-state index contributed by atoms with van der Waals surface area (Å²) in [5, 5.41) is 2.84. The molecule has 0 aliphatic carbocycles. The minimum atomic E-state index is -0.289. The van der Waals surface area contributed by atoms with Gasteiger partial charge in [0.15, 0.2) is 0 Å². The molecule has 3 unspecified atom stereocenters. The maximum absolute atomic E-state index is 12.6. The van der Waals surface area contributed by atoms with Crippen molar-refractivity contribution in [3.8, 4) is 0 Å². The lowest BCUT2D eigenvalue weighted by molar-refractivity contribution is -0.148. The lowest BCUT2D eigenvalue weighted by atomic mass is 9.94. The van der Waals surface area contributed by atoms with Gasteiger partial charge in [-0.1, -0.05) is 13.3 Å². The number of nitrogens with one attached hydrogen (secondary N) is 1. The molecule has 0 aromatic carbocycles. The summed E-state index contributed by atoms with van der Waals surface area (Å²) in [7, 11) is 0. The second kappa shape index (κ2) is 5.72. The van der Waals surface area contributed by atoms with Crippen LogP contribution in [-0.4, -0.2) is 59.4 Å². The van der Waals surface area contributed by atoms with Gasteiger partial charge in [0.2, 0.25) is 11.8 Å². The fraction of sp³-hybridized carbons (Fsp3) is 0.867. The van der Waals surface area contributed by atoms with Crippen LogP contribution in [0.2, 0.25) is 0 Å². The maximum Gasteiger partial charge on any atom is 0.245 e. The third-order valence-electron chi connectivity index (χ3n) is 5.04. The van der Waals surface area contributed by atoms with E-state index in [4.69, 9.17) is 0 Å². The third kappa shape index (κ3) is 2.55. The minimum Gasteiger partial charge on any atom is -0.343 e. The predicted molar refractivity (Wildman–Crippen MR) is 76.2 cm³/mol. The number of fused-ring (bicyclic) bond motifs is 1. The molecule has 3 saturated heterocycles. The Bertz CT molecular complexity index is 399. The molecule has 0 radical (unpaired) electrons. The highest BCUT2D eigenvalue weighted by Gasteiger charge is 2.40. The molecular weight excluding hydrogens is 254 g/mol. The predicted octanol–water partition coefficient (Wildman–Crippen LogP) is 0.740. The van der Waals surface area contributed by atoms with Crippen molar-refractivity contribution in [1.29, 1.82) is 0 Å². The molecular formula is C15H25N3O2. The van der Waals surface area contributed by atoms with Gasteiger partial charge in [0.05, 0.1) is 6.54 Å². The van der Waals surface area contributed by atoms with Crippen LogP contribution in [-0.2, 0) is 9.59 Å². The Labute approximate surface area is 120 Å². The summed E-state index contributed by atoms with van der Waals surface area (Å²) in [4.78, 5) is 28.8. The molecule has 0 saturated carbocycles. The zero-order valence-electron chi connectivity index (χ0n) is 12.3. The standard InChI is InChI=1S/C15H25N3O2/c1-2-4-13-15(20)18(10-14(19)16-13)12-6-8-17-7-3-5-11(17)9-12/h11-13H,2-10H2,1H3,(H,16,19). The molecule has 5 nitrogen and oxygen atoms in total. The Morgan fingerprint density at radius 1 is 1.20 bits per heavy atom. The van der Waals surface area contributed by atoms with E-state index in [0.29, 0.717) is 6.04 Å². The first-order valence-electron chi connectivity index (χ1n) is 8.03. The number of nitrogens with zero attached hydrogens (tertiary/aromatic N) is 2. The molecule has 112 valence electrons. The van der Waals surface area contributed by atoms with Gasteiger partial charge in [-0.3, -0.25) is 9.59 Å². The van der Waals surface area contributed by atoms with Gasteiger partial charge in [0, 0.05) is 18.6 Å². The van der Waals surface area contributed by atoms with Crippen LogP contribution in [0.1, 0.15) is 45.4 Å². The van der Waals surface area contributed by atoms with Crippen LogP contribution >= 0.6 is 0 Å². The average Bonchev–Trinajstić information content (AvgIpc) is 2.90. The number of amides is 2. The van der Waals surface area contributed by atoms with E-state index in [0.717, 1.165) is 32.2 Å². The zero-order chi connectivity index (χ0) is 14.1. The SMILES string of the molecule is CCCC1NC(=O)CN(C2CCN3CCCC3C2)C1=O. The number of hydrogen-bond acceptors (Lipinski definition) is 3. The van der Waals surface area contributed by atoms with Gasteiger partial charge in [0.25, 0.3) is 0 Å². The topological polar surface area (TPSA) is 52.7 Å². The van der Waals surface area contributed by atoms with E-state index in [1.165, 1.54) is 19.4 Å². The summed E-state index contributed by atoms with van der Waals surface area (Å²) in [6.45, 7) is 4.61. The van der Waals surface area contributed by atoms with E-state index in [-0.39, 0.29) is 30.4 Å². The lowest BCUT2D eigenvalue weighted by Crippen LogP contribution is -2.62. The summed E-state index contributed by atoms with van der Waals surface area (Å²) >= 11 is 0. The molecule has 20 heavy (non-hydrogen) atoms. The number of piperidine rings is 1. The Hall–Kier alpha value is -1.10. The van der Waals surface area contributed by atoms with Gasteiger partial charge in [-0.05, 0) is 38.6 Å². The summed E-state index contributed by atoms with van der Waals surface area (Å²) < 4.78 is 0. The molecule has 3 aliphatic rings. The van der Waals surface area contributed by atoms with E-state index in [1.807, 2.05) is 4.90 Å². The molecule has 1 N–H and O–H groups in total. The molecule has 0 aromatic rings. The van der Waals surface area contributed by atoms with Gasteiger partial charge in [-0.2, -0.15) is 0 Å². The largest absolute Gasteiger partial charge is 0.343 e. The van der Waals surface area contributed by atoms with E-state index in [2.05, 4.69) is 17.1 Å². The first-order chi connectivity index (χ1) is 9.69. The van der Waals surface area contributed by atoms with Gasteiger partial charge in [0.1, 0.15) is 6.04 Å². The second-order valence-electron chi connectivity index (χ2n) is 6.39. The Morgan fingerprint density at radius 2 is 2.05 bits per heavy atom. The molecule has 0 aromatic heterocycles. The highest BCUT2D eigenvalue weighted by atomic mass is 16.2. The summed E-state index contributed by atoms with van der Waals surface area (Å²) in [6.07, 6.45) is 6.29. The smallest absolute Gasteiger partial charge is 0.245 e. The van der Waals surface area contributed by atoms with Crippen molar-refractivity contribution in [3.63, 3.8) is 0 Å². The molecule has 3 atom stereocenters. The Kier molecular flexibility index (Phi) is 3.96. The number of piperazine rings is 1. The number of carbonyl (C=O) groups excluding carboxylic acids is 2. The first kappa shape index (κ1) is 13.9. The van der Waals surface area contributed by atoms with Crippen molar-refractivity contribution >= 4 is 11.8 Å². The quantitative estimate of drug-likeness (QED) is 0.829. The van der Waals surface area contributed by atoms with Crippen LogP contribution in [0.4, 0.5) is 0 Å². The highest BCUT2D eigenvalue weighted by molar-refractivity contribution is 5.95. The van der Waals surface area contributed by atoms with E-state index < -0.39 is 0 Å². The summed E-state index contributed by atoms with van der Waals surface area (Å²) in [5.74, 6) is 0.153. The molecule has 2 amide bonds. The molecule has 0 bridgehead atoms. The van der Waals surface area contributed by atoms with Crippen molar-refractivity contribution < 1.29 is 9.59 Å².